The first-order valence-corrected chi connectivity index (χ1v) is 15.4. The summed E-state index contributed by atoms with van der Waals surface area (Å²) in [5.41, 5.74) is 1.02. The summed E-state index contributed by atoms with van der Waals surface area (Å²) in [6.45, 7) is 10.3. The number of pyridine rings is 1. The van der Waals surface area contributed by atoms with Crippen LogP contribution in [0.4, 0.5) is 5.82 Å². The van der Waals surface area contributed by atoms with E-state index in [4.69, 9.17) is 17.0 Å². The second-order valence-electron chi connectivity index (χ2n) is 10.1. The molecule has 0 atom stereocenters. The van der Waals surface area contributed by atoms with Gasteiger partial charge in [0, 0.05) is 31.7 Å². The Bertz CT molecular complexity index is 1210. The van der Waals surface area contributed by atoms with Crippen molar-refractivity contribution in [2.24, 2.45) is 5.92 Å². The number of anilines is 1. The average Bonchev–Trinajstić information content (AvgIpc) is 3.19. The van der Waals surface area contributed by atoms with Crippen molar-refractivity contribution in [3.8, 4) is 6.07 Å². The zero-order chi connectivity index (χ0) is 28.5. The Morgan fingerprint density at radius 3 is 2.41 bits per heavy atom. The van der Waals surface area contributed by atoms with Crippen LogP contribution in [0.2, 0.25) is 0 Å². The van der Waals surface area contributed by atoms with E-state index >= 15 is 0 Å². The zero-order valence-corrected chi connectivity index (χ0v) is 25.2. The van der Waals surface area contributed by atoms with E-state index in [1.165, 1.54) is 18.2 Å². The van der Waals surface area contributed by atoms with Gasteiger partial charge in [-0.1, -0.05) is 63.5 Å². The largest absolute Gasteiger partial charge is 0.466 e. The van der Waals surface area contributed by atoms with E-state index in [9.17, 15) is 19.6 Å². The van der Waals surface area contributed by atoms with E-state index in [2.05, 4.69) is 17.9 Å². The van der Waals surface area contributed by atoms with Crippen LogP contribution in [0.5, 0.6) is 0 Å². The monoisotopic (exact) mass is 572 g/mol. The Kier molecular flexibility index (Phi) is 11.6. The highest BCUT2D eigenvalue weighted by Gasteiger charge is 2.34. The van der Waals surface area contributed by atoms with E-state index < -0.39 is 0 Å². The fourth-order valence-corrected chi connectivity index (χ4v) is 6.49. The minimum Gasteiger partial charge on any atom is -0.466 e. The summed E-state index contributed by atoms with van der Waals surface area (Å²) in [4.78, 5) is 43.4. The molecule has 1 aromatic rings. The second kappa shape index (κ2) is 14.7. The molecule has 0 spiro atoms. The summed E-state index contributed by atoms with van der Waals surface area (Å²) in [7, 11) is 0. The number of aromatic nitrogens is 1. The molecule has 2 aliphatic heterocycles. The predicted molar refractivity (Wildman–Crippen MR) is 161 cm³/mol. The lowest BCUT2D eigenvalue weighted by Gasteiger charge is -2.35. The molecule has 0 N–H and O–H groups in total. The number of carbonyl (C=O) groups is 2. The third-order valence-corrected chi connectivity index (χ3v) is 8.72. The normalized spacial score (nSPS) is 17.3. The van der Waals surface area contributed by atoms with E-state index in [-0.39, 0.29) is 28.9 Å². The smallest absolute Gasteiger partial charge is 0.309 e. The van der Waals surface area contributed by atoms with Crippen molar-refractivity contribution in [1.82, 2.24) is 9.47 Å². The van der Waals surface area contributed by atoms with Gasteiger partial charge in [0.15, 0.2) is 0 Å². The van der Waals surface area contributed by atoms with E-state index in [0.29, 0.717) is 78.2 Å². The van der Waals surface area contributed by atoms with Gasteiger partial charge in [-0.05, 0) is 51.2 Å². The van der Waals surface area contributed by atoms with Gasteiger partial charge in [-0.3, -0.25) is 23.9 Å². The highest BCUT2D eigenvalue weighted by Crippen LogP contribution is 2.37. The van der Waals surface area contributed by atoms with Crippen LogP contribution in [-0.2, 0) is 20.9 Å². The Balaban J connectivity index is 1.99. The van der Waals surface area contributed by atoms with E-state index in [1.807, 2.05) is 13.0 Å². The van der Waals surface area contributed by atoms with Gasteiger partial charge < -0.3 is 9.64 Å². The SMILES string of the molecule is CCCCCCCN1C(=O)C(=Cc2c(C)c(C#N)c(=O)n(CCC)c2N2CCC(C(=O)OCC)CC2)SC1=S. The Morgan fingerprint density at radius 1 is 1.10 bits per heavy atom. The number of ether oxygens (including phenoxy) is 1. The molecule has 0 unspecified atom stereocenters. The molecule has 0 aliphatic carbocycles. The number of esters is 1. The van der Waals surface area contributed by atoms with Gasteiger partial charge in [0.05, 0.1) is 17.4 Å². The maximum absolute atomic E-state index is 13.4. The molecule has 3 heterocycles. The first kappa shape index (κ1) is 30.9. The molecule has 0 aromatic carbocycles. The topological polar surface area (TPSA) is 95.6 Å². The minimum absolute atomic E-state index is 0.0891. The molecule has 2 fully saturated rings. The number of piperidine rings is 1. The summed E-state index contributed by atoms with van der Waals surface area (Å²) in [6, 6.07) is 2.10. The predicted octanol–water partition coefficient (Wildman–Crippen LogP) is 5.39. The van der Waals surface area contributed by atoms with Gasteiger partial charge in [-0.2, -0.15) is 5.26 Å². The number of nitriles is 1. The van der Waals surface area contributed by atoms with E-state index in [1.54, 1.807) is 23.3 Å². The lowest BCUT2D eigenvalue weighted by molar-refractivity contribution is -0.148. The van der Waals surface area contributed by atoms with Crippen LogP contribution < -0.4 is 10.5 Å². The Labute approximate surface area is 241 Å². The highest BCUT2D eigenvalue weighted by atomic mass is 32.2. The molecule has 10 heteroatoms. The number of rotatable bonds is 12. The summed E-state index contributed by atoms with van der Waals surface area (Å²) in [5.74, 6) is 0.214. The van der Waals surface area contributed by atoms with Crippen molar-refractivity contribution in [3.63, 3.8) is 0 Å². The molecular weight excluding hydrogens is 532 g/mol. The fraction of sp³-hybridized carbons (Fsp3) is 0.621. The maximum atomic E-state index is 13.4. The summed E-state index contributed by atoms with van der Waals surface area (Å²) < 4.78 is 7.43. The molecule has 1 aromatic heterocycles. The molecule has 39 heavy (non-hydrogen) atoms. The second-order valence-corrected chi connectivity index (χ2v) is 11.7. The fourth-order valence-electron chi connectivity index (χ4n) is 5.20. The first-order chi connectivity index (χ1) is 18.8. The number of unbranched alkanes of at least 4 members (excludes halogenated alkanes) is 4. The molecule has 3 rings (SSSR count). The molecular formula is C29H40N4O4S2. The zero-order valence-electron chi connectivity index (χ0n) is 23.6. The number of hydrogen-bond donors (Lipinski definition) is 0. The van der Waals surface area contributed by atoms with Crippen LogP contribution in [0, 0.1) is 24.2 Å². The Morgan fingerprint density at radius 2 is 1.79 bits per heavy atom. The Hall–Kier alpha value is -2.64. The van der Waals surface area contributed by atoms with Crippen molar-refractivity contribution in [3.05, 3.63) is 31.9 Å². The molecule has 2 saturated heterocycles. The molecule has 2 aliphatic rings. The van der Waals surface area contributed by atoms with Crippen molar-refractivity contribution in [1.29, 1.82) is 5.26 Å². The summed E-state index contributed by atoms with van der Waals surface area (Å²) in [6.07, 6.45) is 9.19. The highest BCUT2D eigenvalue weighted by molar-refractivity contribution is 8.26. The third kappa shape index (κ3) is 7.12. The lowest BCUT2D eigenvalue weighted by atomic mass is 9.95. The standard InChI is InChI=1S/C29H40N4O4S2/c1-5-8-9-10-11-15-33-27(35)24(39-29(33)38)18-22-20(4)23(19-30)26(34)32(14-6-2)25(22)31-16-12-21(13-17-31)28(36)37-7-3/h18,21H,5-17H2,1-4H3. The number of carbonyl (C=O) groups excluding carboxylic acids is 2. The summed E-state index contributed by atoms with van der Waals surface area (Å²) >= 11 is 6.84. The quantitative estimate of drug-likeness (QED) is 0.142. The van der Waals surface area contributed by atoms with Crippen molar-refractivity contribution < 1.29 is 14.3 Å². The molecule has 1 amide bonds. The van der Waals surface area contributed by atoms with Gasteiger partial charge >= 0.3 is 5.97 Å². The van der Waals surface area contributed by atoms with Gasteiger partial charge in [-0.25, -0.2) is 0 Å². The van der Waals surface area contributed by atoms with Crippen molar-refractivity contribution in [2.45, 2.75) is 85.6 Å². The minimum atomic E-state index is -0.323. The van der Waals surface area contributed by atoms with Crippen LogP contribution in [-0.4, -0.2) is 51.9 Å². The van der Waals surface area contributed by atoms with Crippen LogP contribution in [0.3, 0.4) is 0 Å². The maximum Gasteiger partial charge on any atom is 0.309 e. The van der Waals surface area contributed by atoms with E-state index in [0.717, 1.165) is 25.7 Å². The van der Waals surface area contributed by atoms with Crippen LogP contribution in [0.1, 0.15) is 88.8 Å². The van der Waals surface area contributed by atoms with Gasteiger partial charge in [-0.15, -0.1) is 0 Å². The molecule has 0 radical (unpaired) electrons. The molecule has 0 bridgehead atoms. The average molecular weight is 573 g/mol. The van der Waals surface area contributed by atoms with Crippen molar-refractivity contribution >= 4 is 52.1 Å². The first-order valence-electron chi connectivity index (χ1n) is 14.1. The van der Waals surface area contributed by atoms with Gasteiger partial charge in [0.25, 0.3) is 11.5 Å². The third-order valence-electron chi connectivity index (χ3n) is 7.34. The van der Waals surface area contributed by atoms with Gasteiger partial charge in [0.1, 0.15) is 21.8 Å². The lowest BCUT2D eigenvalue weighted by Crippen LogP contribution is -2.41. The van der Waals surface area contributed by atoms with Crippen LogP contribution in [0.25, 0.3) is 6.08 Å². The summed E-state index contributed by atoms with van der Waals surface area (Å²) in [5, 5.41) is 9.87. The number of nitrogens with zero attached hydrogens (tertiary/aromatic N) is 4. The molecule has 8 nitrogen and oxygen atoms in total. The molecule has 212 valence electrons. The number of amides is 1. The number of thioether (sulfide) groups is 1. The molecule has 0 saturated carbocycles. The van der Waals surface area contributed by atoms with Crippen LogP contribution >= 0.6 is 24.0 Å². The number of hydrogen-bond acceptors (Lipinski definition) is 8. The van der Waals surface area contributed by atoms with Crippen molar-refractivity contribution in [2.75, 3.05) is 31.1 Å². The number of thiocarbonyl (C=S) groups is 1. The van der Waals surface area contributed by atoms with Crippen LogP contribution in [0.15, 0.2) is 9.70 Å². The van der Waals surface area contributed by atoms with Gasteiger partial charge in [0.2, 0.25) is 0 Å².